The van der Waals surface area contributed by atoms with E-state index in [0.29, 0.717) is 12.6 Å². The number of H-pyrrole nitrogens is 2. The number of amides is 1. The van der Waals surface area contributed by atoms with Gasteiger partial charge in [-0.15, -0.1) is 0 Å². The van der Waals surface area contributed by atoms with Gasteiger partial charge < -0.3 is 14.7 Å². The van der Waals surface area contributed by atoms with Gasteiger partial charge in [0.25, 0.3) is 0 Å². The van der Waals surface area contributed by atoms with Crippen molar-refractivity contribution in [1.82, 2.24) is 29.7 Å². The van der Waals surface area contributed by atoms with Crippen LogP contribution in [0, 0.1) is 6.92 Å². The van der Waals surface area contributed by atoms with Crippen molar-refractivity contribution in [2.24, 2.45) is 0 Å². The van der Waals surface area contributed by atoms with E-state index in [1.165, 1.54) is 6.42 Å². The molecule has 1 amide bonds. The van der Waals surface area contributed by atoms with Crippen molar-refractivity contribution in [1.29, 1.82) is 0 Å². The lowest BCUT2D eigenvalue weighted by molar-refractivity contribution is 0.0218. The molecule has 4 aromatic rings. The Balaban J connectivity index is 1.15. The molecule has 0 bridgehead atoms. The second kappa shape index (κ2) is 10.8. The number of aromatic amines is 2. The molecule has 0 aliphatic carbocycles. The van der Waals surface area contributed by atoms with Crippen LogP contribution in [0.4, 0.5) is 4.79 Å². The van der Waals surface area contributed by atoms with Gasteiger partial charge in [0.2, 0.25) is 0 Å². The van der Waals surface area contributed by atoms with Crippen molar-refractivity contribution in [2.75, 3.05) is 20.1 Å². The van der Waals surface area contributed by atoms with Crippen LogP contribution in [0.15, 0.2) is 54.7 Å². The molecular weight excluding hydrogens is 512 g/mol. The summed E-state index contributed by atoms with van der Waals surface area (Å²) in [6, 6.07) is 17.5. The molecule has 41 heavy (non-hydrogen) atoms. The standard InChI is InChI=1S/C33H40N6O2/c1-21-29(37-31(35-21)27-8-6-18-38(27)5)25-16-12-23(13-17-25)22-10-14-24(15-11-22)26-20-34-30(36-26)28-9-7-19-39(28)32(40)41-33(2,3)4/h10-17,20,27-28H,6-9,18-19H2,1-5H3,(H,34,36)(H,35,37)/t27-,28-/m0/s1. The molecule has 0 unspecified atom stereocenters. The molecule has 2 fully saturated rings. The molecule has 0 radical (unpaired) electrons. The van der Waals surface area contributed by atoms with E-state index in [9.17, 15) is 4.79 Å². The number of imidazole rings is 2. The minimum Gasteiger partial charge on any atom is -0.444 e. The van der Waals surface area contributed by atoms with Gasteiger partial charge in [0.05, 0.1) is 29.7 Å². The minimum absolute atomic E-state index is 0.0929. The van der Waals surface area contributed by atoms with E-state index in [4.69, 9.17) is 9.72 Å². The quantitative estimate of drug-likeness (QED) is 0.272. The lowest BCUT2D eigenvalue weighted by Crippen LogP contribution is -2.36. The molecule has 214 valence electrons. The van der Waals surface area contributed by atoms with Gasteiger partial charge >= 0.3 is 6.09 Å². The lowest BCUT2D eigenvalue weighted by atomic mass is 10.0. The number of hydrogen-bond acceptors (Lipinski definition) is 5. The second-order valence-electron chi connectivity index (χ2n) is 12.4. The summed E-state index contributed by atoms with van der Waals surface area (Å²) in [5, 5.41) is 0. The molecule has 8 heteroatoms. The molecule has 4 heterocycles. The fraction of sp³-hybridized carbons (Fsp3) is 0.424. The van der Waals surface area contributed by atoms with Gasteiger partial charge in [0.1, 0.15) is 17.2 Å². The SMILES string of the molecule is Cc1[nH]c([C@@H]2CCCN2C)nc1-c1ccc(-c2ccc(-c3cnc([C@@H]4CCCN4C(=O)OC(C)(C)C)[nH]3)cc2)cc1. The molecule has 0 saturated carbocycles. The number of benzene rings is 2. The number of rotatable bonds is 5. The molecule has 2 saturated heterocycles. The van der Waals surface area contributed by atoms with Crippen LogP contribution < -0.4 is 0 Å². The predicted molar refractivity (Wildman–Crippen MR) is 161 cm³/mol. The Hall–Kier alpha value is -3.91. The van der Waals surface area contributed by atoms with Gasteiger partial charge in [-0.2, -0.15) is 0 Å². The number of carbonyl (C=O) groups excluding carboxylic acids is 1. The maximum atomic E-state index is 12.7. The van der Waals surface area contributed by atoms with Crippen LogP contribution in [0.2, 0.25) is 0 Å². The van der Waals surface area contributed by atoms with Gasteiger partial charge in [-0.1, -0.05) is 48.5 Å². The van der Waals surface area contributed by atoms with Crippen molar-refractivity contribution < 1.29 is 9.53 Å². The topological polar surface area (TPSA) is 90.1 Å². The molecule has 2 aromatic carbocycles. The van der Waals surface area contributed by atoms with Crippen LogP contribution in [0.5, 0.6) is 0 Å². The second-order valence-corrected chi connectivity index (χ2v) is 12.4. The van der Waals surface area contributed by atoms with E-state index < -0.39 is 5.60 Å². The van der Waals surface area contributed by atoms with Crippen LogP contribution in [0.3, 0.4) is 0 Å². The third-order valence-electron chi connectivity index (χ3n) is 8.22. The first-order chi connectivity index (χ1) is 19.7. The molecule has 2 N–H and O–H groups in total. The summed E-state index contributed by atoms with van der Waals surface area (Å²) in [5.74, 6) is 1.88. The maximum Gasteiger partial charge on any atom is 0.410 e. The number of carbonyl (C=O) groups is 1. The highest BCUT2D eigenvalue weighted by atomic mass is 16.6. The average molecular weight is 553 g/mol. The van der Waals surface area contributed by atoms with Crippen molar-refractivity contribution in [3.8, 4) is 33.6 Å². The van der Waals surface area contributed by atoms with Crippen molar-refractivity contribution in [3.63, 3.8) is 0 Å². The van der Waals surface area contributed by atoms with Crippen LogP contribution in [-0.4, -0.2) is 61.6 Å². The molecule has 8 nitrogen and oxygen atoms in total. The highest BCUT2D eigenvalue weighted by Crippen LogP contribution is 2.34. The van der Waals surface area contributed by atoms with Crippen molar-refractivity contribution in [3.05, 3.63) is 72.1 Å². The van der Waals surface area contributed by atoms with E-state index in [0.717, 1.165) is 76.8 Å². The van der Waals surface area contributed by atoms with Crippen LogP contribution in [0.25, 0.3) is 33.6 Å². The van der Waals surface area contributed by atoms with E-state index in [-0.39, 0.29) is 12.1 Å². The van der Waals surface area contributed by atoms with Crippen LogP contribution in [0.1, 0.15) is 75.9 Å². The zero-order valence-electron chi connectivity index (χ0n) is 24.7. The summed E-state index contributed by atoms with van der Waals surface area (Å²) < 4.78 is 5.62. The number of nitrogens with one attached hydrogen (secondary N) is 2. The first-order valence-corrected chi connectivity index (χ1v) is 14.7. The summed E-state index contributed by atoms with van der Waals surface area (Å²) in [6.07, 6.45) is 5.76. The Morgan fingerprint density at radius 3 is 2.10 bits per heavy atom. The Morgan fingerprint density at radius 1 is 0.854 bits per heavy atom. The van der Waals surface area contributed by atoms with Crippen molar-refractivity contribution in [2.45, 2.75) is 71.1 Å². The van der Waals surface area contributed by atoms with Gasteiger partial charge in [0.15, 0.2) is 0 Å². The largest absolute Gasteiger partial charge is 0.444 e. The molecule has 6 rings (SSSR count). The summed E-state index contributed by atoms with van der Waals surface area (Å²) >= 11 is 0. The number of aromatic nitrogens is 4. The zero-order chi connectivity index (χ0) is 28.7. The highest BCUT2D eigenvalue weighted by Gasteiger charge is 2.35. The normalized spacial score (nSPS) is 19.7. The van der Waals surface area contributed by atoms with Crippen molar-refractivity contribution >= 4 is 6.09 Å². The predicted octanol–water partition coefficient (Wildman–Crippen LogP) is 7.28. The third kappa shape index (κ3) is 5.66. The molecule has 2 atom stereocenters. The summed E-state index contributed by atoms with van der Waals surface area (Å²) in [6.45, 7) is 9.60. The Kier molecular flexibility index (Phi) is 7.20. The number of likely N-dealkylation sites (tertiary alicyclic amines) is 2. The number of aryl methyl sites for hydroxylation is 1. The van der Waals surface area contributed by atoms with Crippen LogP contribution >= 0.6 is 0 Å². The van der Waals surface area contributed by atoms with Gasteiger partial charge in [-0.25, -0.2) is 14.8 Å². The monoisotopic (exact) mass is 552 g/mol. The number of nitrogens with zero attached hydrogens (tertiary/aromatic N) is 4. The fourth-order valence-corrected chi connectivity index (χ4v) is 6.08. The highest BCUT2D eigenvalue weighted by molar-refractivity contribution is 5.72. The molecule has 2 aliphatic heterocycles. The Labute approximate surface area is 242 Å². The molecular formula is C33H40N6O2. The first kappa shape index (κ1) is 27.3. The molecule has 0 spiro atoms. The van der Waals surface area contributed by atoms with Gasteiger partial charge in [-0.3, -0.25) is 9.80 Å². The van der Waals surface area contributed by atoms with Gasteiger partial charge in [-0.05, 0) is 83.7 Å². The minimum atomic E-state index is -0.520. The van der Waals surface area contributed by atoms with Gasteiger partial charge in [0, 0.05) is 17.8 Å². The average Bonchev–Trinajstić information content (AvgIpc) is 3.74. The number of ether oxygens (including phenoxy) is 1. The van der Waals surface area contributed by atoms with E-state index in [2.05, 4.69) is 82.4 Å². The Bertz CT molecular complexity index is 1510. The smallest absolute Gasteiger partial charge is 0.410 e. The van der Waals surface area contributed by atoms with E-state index in [1.807, 2.05) is 27.0 Å². The summed E-state index contributed by atoms with van der Waals surface area (Å²) in [7, 11) is 2.18. The summed E-state index contributed by atoms with van der Waals surface area (Å²) in [4.78, 5) is 33.5. The van der Waals surface area contributed by atoms with Crippen LogP contribution in [-0.2, 0) is 4.74 Å². The molecule has 2 aromatic heterocycles. The first-order valence-electron chi connectivity index (χ1n) is 14.7. The van der Waals surface area contributed by atoms with E-state index >= 15 is 0 Å². The third-order valence-corrected chi connectivity index (χ3v) is 8.22. The van der Waals surface area contributed by atoms with E-state index in [1.54, 1.807) is 4.90 Å². The number of hydrogen-bond donors (Lipinski definition) is 2. The molecule has 2 aliphatic rings. The maximum absolute atomic E-state index is 12.7. The Morgan fingerprint density at radius 2 is 1.46 bits per heavy atom. The lowest BCUT2D eigenvalue weighted by Gasteiger charge is -2.27. The summed E-state index contributed by atoms with van der Waals surface area (Å²) in [5.41, 5.74) is 7.07. The fourth-order valence-electron chi connectivity index (χ4n) is 6.08. The zero-order valence-corrected chi connectivity index (χ0v) is 24.7.